The van der Waals surface area contributed by atoms with Gasteiger partial charge in [0.25, 0.3) is 0 Å². The smallest absolute Gasteiger partial charge is 0.248 e. The number of fused-ring (bicyclic) bond motifs is 1. The molecule has 0 aliphatic carbocycles. The molecule has 2 N–H and O–H groups in total. The Hall–Kier alpha value is -3.95. The van der Waals surface area contributed by atoms with Gasteiger partial charge in [-0.05, 0) is 66.8 Å². The minimum absolute atomic E-state index is 0.193. The van der Waals surface area contributed by atoms with Crippen LogP contribution in [0.5, 0.6) is 11.5 Å². The van der Waals surface area contributed by atoms with Crippen molar-refractivity contribution in [2.24, 2.45) is 5.92 Å². The lowest BCUT2D eigenvalue weighted by Crippen LogP contribution is -2.41. The van der Waals surface area contributed by atoms with E-state index in [1.54, 1.807) is 29.2 Å². The largest absolute Gasteiger partial charge is 0.492 e. The van der Waals surface area contributed by atoms with Crippen molar-refractivity contribution in [2.45, 2.75) is 19.4 Å². The van der Waals surface area contributed by atoms with Crippen LogP contribution in [0.3, 0.4) is 0 Å². The maximum atomic E-state index is 13.4. The van der Waals surface area contributed by atoms with E-state index >= 15 is 0 Å². The van der Waals surface area contributed by atoms with Gasteiger partial charge in [0.05, 0.1) is 22.5 Å². The van der Waals surface area contributed by atoms with Crippen molar-refractivity contribution in [3.63, 3.8) is 0 Å². The van der Waals surface area contributed by atoms with E-state index in [2.05, 4.69) is 15.3 Å². The van der Waals surface area contributed by atoms with Crippen molar-refractivity contribution in [1.29, 1.82) is 0 Å². The van der Waals surface area contributed by atoms with Crippen LogP contribution >= 0.6 is 11.6 Å². The molecular formula is C29H28ClFN4O4. The third-order valence-corrected chi connectivity index (χ3v) is 6.98. The zero-order chi connectivity index (χ0) is 27.2. The molecule has 3 aromatic carbocycles. The maximum Gasteiger partial charge on any atom is 0.248 e. The van der Waals surface area contributed by atoms with Gasteiger partial charge in [0, 0.05) is 18.8 Å². The number of halogens is 2. The zero-order valence-corrected chi connectivity index (χ0v) is 21.9. The summed E-state index contributed by atoms with van der Waals surface area (Å²) in [6, 6.07) is 17.2. The summed E-state index contributed by atoms with van der Waals surface area (Å²) in [6.45, 7) is 1.46. The molecule has 202 valence electrons. The first-order valence-electron chi connectivity index (χ1n) is 12.7. The molecule has 8 nitrogen and oxygen atoms in total. The van der Waals surface area contributed by atoms with Crippen LogP contribution in [0.15, 0.2) is 67.0 Å². The number of carbonyl (C=O) groups is 1. The number of likely N-dealkylation sites (tertiary alicyclic amines) is 1. The summed E-state index contributed by atoms with van der Waals surface area (Å²) in [4.78, 5) is 22.3. The van der Waals surface area contributed by atoms with E-state index in [1.165, 1.54) is 18.5 Å². The van der Waals surface area contributed by atoms with E-state index in [0.29, 0.717) is 59.2 Å². The monoisotopic (exact) mass is 550 g/mol. The second-order valence-electron chi connectivity index (χ2n) is 9.35. The van der Waals surface area contributed by atoms with Crippen LogP contribution in [-0.2, 0) is 11.4 Å². The molecule has 39 heavy (non-hydrogen) atoms. The Morgan fingerprint density at radius 3 is 2.64 bits per heavy atom. The number of rotatable bonds is 9. The number of aliphatic hydroxyl groups is 1. The van der Waals surface area contributed by atoms with Crippen LogP contribution in [0.4, 0.5) is 15.9 Å². The van der Waals surface area contributed by atoms with Gasteiger partial charge in [-0.2, -0.15) is 0 Å². The number of amides is 1. The van der Waals surface area contributed by atoms with E-state index in [1.807, 2.05) is 24.3 Å². The SMILES string of the molecule is O=C(CO)N1CCC(COc2cccc3ncnc(Nc4ccc(OCc5cccc(F)c5)c(Cl)c4)c23)CC1. The molecule has 4 aromatic rings. The fourth-order valence-electron chi connectivity index (χ4n) is 4.57. The minimum Gasteiger partial charge on any atom is -0.492 e. The molecule has 0 spiro atoms. The van der Waals surface area contributed by atoms with Gasteiger partial charge in [0.1, 0.15) is 42.7 Å². The first-order chi connectivity index (χ1) is 19.0. The number of carbonyl (C=O) groups excluding carboxylic acids is 1. The normalized spacial score (nSPS) is 13.9. The lowest BCUT2D eigenvalue weighted by Gasteiger charge is -2.31. The number of piperidine rings is 1. The van der Waals surface area contributed by atoms with Crippen molar-refractivity contribution in [3.05, 3.63) is 83.4 Å². The predicted octanol–water partition coefficient (Wildman–Crippen LogP) is 5.35. The Morgan fingerprint density at radius 1 is 1.05 bits per heavy atom. The van der Waals surface area contributed by atoms with E-state index in [-0.39, 0.29) is 18.3 Å². The maximum absolute atomic E-state index is 13.4. The van der Waals surface area contributed by atoms with Gasteiger partial charge >= 0.3 is 0 Å². The number of benzene rings is 3. The minimum atomic E-state index is -0.456. The van der Waals surface area contributed by atoms with Gasteiger partial charge in [0.2, 0.25) is 5.91 Å². The number of aliphatic hydroxyl groups excluding tert-OH is 1. The number of aromatic nitrogens is 2. The lowest BCUT2D eigenvalue weighted by molar-refractivity contribution is -0.135. The summed E-state index contributed by atoms with van der Waals surface area (Å²) < 4.78 is 25.5. The van der Waals surface area contributed by atoms with Crippen molar-refractivity contribution in [1.82, 2.24) is 14.9 Å². The number of nitrogens with one attached hydrogen (secondary N) is 1. The highest BCUT2D eigenvalue weighted by Gasteiger charge is 2.23. The van der Waals surface area contributed by atoms with E-state index < -0.39 is 6.61 Å². The van der Waals surface area contributed by atoms with E-state index in [0.717, 1.165) is 23.7 Å². The molecule has 0 bridgehead atoms. The molecule has 1 aliphatic rings. The summed E-state index contributed by atoms with van der Waals surface area (Å²) in [5.74, 6) is 1.45. The molecule has 0 unspecified atom stereocenters. The highest BCUT2D eigenvalue weighted by molar-refractivity contribution is 6.32. The van der Waals surface area contributed by atoms with E-state index in [4.69, 9.17) is 26.2 Å². The summed E-state index contributed by atoms with van der Waals surface area (Å²) in [5, 5.41) is 13.5. The fourth-order valence-corrected chi connectivity index (χ4v) is 4.81. The van der Waals surface area contributed by atoms with Crippen LogP contribution in [-0.4, -0.2) is 52.2 Å². The van der Waals surface area contributed by atoms with E-state index in [9.17, 15) is 9.18 Å². The second-order valence-corrected chi connectivity index (χ2v) is 9.76. The van der Waals surface area contributed by atoms with Gasteiger partial charge in [-0.15, -0.1) is 0 Å². The molecule has 2 heterocycles. The Balaban J connectivity index is 1.27. The third kappa shape index (κ3) is 6.55. The average molecular weight is 551 g/mol. The van der Waals surface area contributed by atoms with Gasteiger partial charge < -0.3 is 24.8 Å². The van der Waals surface area contributed by atoms with Crippen molar-refractivity contribution < 1.29 is 23.8 Å². The van der Waals surface area contributed by atoms with Gasteiger partial charge in [-0.3, -0.25) is 4.79 Å². The molecule has 1 amide bonds. The lowest BCUT2D eigenvalue weighted by atomic mass is 9.98. The van der Waals surface area contributed by atoms with Crippen LogP contribution in [0.1, 0.15) is 18.4 Å². The number of nitrogens with zero attached hydrogens (tertiary/aromatic N) is 3. The average Bonchev–Trinajstić information content (AvgIpc) is 2.95. The summed E-state index contributed by atoms with van der Waals surface area (Å²) in [7, 11) is 0. The molecule has 0 saturated carbocycles. The highest BCUT2D eigenvalue weighted by Crippen LogP contribution is 2.34. The Kier molecular flexibility index (Phi) is 8.39. The first-order valence-corrected chi connectivity index (χ1v) is 13.1. The quantitative estimate of drug-likeness (QED) is 0.290. The molecule has 5 rings (SSSR count). The molecule has 1 fully saturated rings. The zero-order valence-electron chi connectivity index (χ0n) is 21.1. The van der Waals surface area contributed by atoms with Crippen LogP contribution in [0.2, 0.25) is 5.02 Å². The number of hydrogen-bond acceptors (Lipinski definition) is 7. The van der Waals surface area contributed by atoms with Crippen LogP contribution in [0.25, 0.3) is 10.9 Å². The predicted molar refractivity (Wildman–Crippen MR) is 147 cm³/mol. The Labute approximate surface area is 230 Å². The Morgan fingerprint density at radius 2 is 1.87 bits per heavy atom. The molecule has 0 radical (unpaired) electrons. The number of ether oxygens (including phenoxy) is 2. The Bertz CT molecular complexity index is 1460. The summed E-state index contributed by atoms with van der Waals surface area (Å²) >= 11 is 6.48. The summed E-state index contributed by atoms with van der Waals surface area (Å²) in [5.41, 5.74) is 2.14. The molecule has 1 aromatic heterocycles. The molecular weight excluding hydrogens is 523 g/mol. The van der Waals surface area contributed by atoms with Gasteiger partial charge in [-0.25, -0.2) is 14.4 Å². The highest BCUT2D eigenvalue weighted by atomic mass is 35.5. The fraction of sp³-hybridized carbons (Fsp3) is 0.276. The summed E-state index contributed by atoms with van der Waals surface area (Å²) in [6.07, 6.45) is 3.11. The standard InChI is InChI=1S/C29H28ClFN4O4/c30-23-14-22(7-8-25(23)38-17-20-3-1-4-21(31)13-20)34-29-28-24(32-18-33-29)5-2-6-26(28)39-16-19-9-11-35(12-10-19)27(37)15-36/h1-8,13-14,18-19,36H,9-12,15-17H2,(H,32,33,34). The first kappa shape index (κ1) is 26.6. The molecule has 10 heteroatoms. The van der Waals surface area contributed by atoms with Crippen LogP contribution in [0, 0.1) is 11.7 Å². The van der Waals surface area contributed by atoms with Crippen molar-refractivity contribution >= 4 is 39.9 Å². The van der Waals surface area contributed by atoms with Crippen molar-refractivity contribution in [3.8, 4) is 11.5 Å². The van der Waals surface area contributed by atoms with Gasteiger partial charge in [-0.1, -0.05) is 29.8 Å². The third-order valence-electron chi connectivity index (χ3n) is 6.68. The number of anilines is 2. The van der Waals surface area contributed by atoms with Crippen LogP contribution < -0.4 is 14.8 Å². The van der Waals surface area contributed by atoms with Gasteiger partial charge in [0.15, 0.2) is 0 Å². The molecule has 1 saturated heterocycles. The van der Waals surface area contributed by atoms with Crippen molar-refractivity contribution in [2.75, 3.05) is 31.6 Å². The second kappa shape index (κ2) is 12.3. The molecule has 1 aliphatic heterocycles. The number of hydrogen-bond donors (Lipinski definition) is 2. The topological polar surface area (TPSA) is 96.8 Å². The molecule has 0 atom stereocenters.